The number of aryl methyl sites for hydroxylation is 1. The van der Waals surface area contributed by atoms with Crippen LogP contribution in [0.5, 0.6) is 5.75 Å². The van der Waals surface area contributed by atoms with Crippen LogP contribution in [0.4, 0.5) is 0 Å². The molecule has 2 aromatic carbocycles. The lowest BCUT2D eigenvalue weighted by Crippen LogP contribution is -2.38. The molecule has 1 amide bonds. The zero-order valence-corrected chi connectivity index (χ0v) is 19.4. The van der Waals surface area contributed by atoms with Crippen molar-refractivity contribution in [3.05, 3.63) is 59.7 Å². The summed E-state index contributed by atoms with van der Waals surface area (Å²) in [6.45, 7) is 4.14. The molecule has 7 heteroatoms. The molecule has 0 radical (unpaired) electrons. The van der Waals surface area contributed by atoms with Crippen LogP contribution >= 0.6 is 0 Å². The monoisotopic (exact) mass is 444 g/mol. The molecule has 0 saturated carbocycles. The van der Waals surface area contributed by atoms with Crippen molar-refractivity contribution in [1.29, 1.82) is 0 Å². The SMILES string of the molecule is CCOc1ccc(CCC2CCN(C(=O)c3ccc(S(=O)(=O)N(C)C)cc3)CC2)cc1. The van der Waals surface area contributed by atoms with Gasteiger partial charge in [-0.15, -0.1) is 0 Å². The van der Waals surface area contributed by atoms with E-state index in [0.29, 0.717) is 18.1 Å². The van der Waals surface area contributed by atoms with E-state index in [-0.39, 0.29) is 10.8 Å². The first kappa shape index (κ1) is 23.3. The van der Waals surface area contributed by atoms with Crippen LogP contribution in [0.3, 0.4) is 0 Å². The number of ether oxygens (including phenoxy) is 1. The van der Waals surface area contributed by atoms with Crippen LogP contribution < -0.4 is 4.74 Å². The number of piperidine rings is 1. The van der Waals surface area contributed by atoms with E-state index in [0.717, 1.165) is 44.5 Å². The number of amides is 1. The molecular weight excluding hydrogens is 412 g/mol. The number of hydrogen-bond donors (Lipinski definition) is 0. The van der Waals surface area contributed by atoms with Gasteiger partial charge < -0.3 is 9.64 Å². The van der Waals surface area contributed by atoms with Gasteiger partial charge in [-0.1, -0.05) is 12.1 Å². The minimum Gasteiger partial charge on any atom is -0.494 e. The van der Waals surface area contributed by atoms with E-state index in [1.807, 2.05) is 24.0 Å². The minimum atomic E-state index is -3.48. The lowest BCUT2D eigenvalue weighted by atomic mass is 9.90. The van der Waals surface area contributed by atoms with Crippen LogP contribution in [0.25, 0.3) is 0 Å². The van der Waals surface area contributed by atoms with Gasteiger partial charge in [0.2, 0.25) is 10.0 Å². The Balaban J connectivity index is 1.49. The highest BCUT2D eigenvalue weighted by atomic mass is 32.2. The van der Waals surface area contributed by atoms with Gasteiger partial charge in [-0.2, -0.15) is 0 Å². The molecular formula is C24H32N2O4S. The molecule has 6 nitrogen and oxygen atoms in total. The number of rotatable bonds is 8. The Labute approximate surface area is 185 Å². The van der Waals surface area contributed by atoms with Crippen molar-refractivity contribution < 1.29 is 17.9 Å². The molecule has 2 aromatic rings. The molecule has 0 spiro atoms. The Bertz CT molecular complexity index is 962. The van der Waals surface area contributed by atoms with Crippen molar-refractivity contribution in [3.8, 4) is 5.75 Å². The van der Waals surface area contributed by atoms with Gasteiger partial charge in [0, 0.05) is 32.7 Å². The molecule has 0 aromatic heterocycles. The lowest BCUT2D eigenvalue weighted by Gasteiger charge is -2.32. The van der Waals surface area contributed by atoms with Gasteiger partial charge in [0.1, 0.15) is 5.75 Å². The Kier molecular flexibility index (Phi) is 7.73. The number of nitrogens with zero attached hydrogens (tertiary/aromatic N) is 2. The highest BCUT2D eigenvalue weighted by Gasteiger charge is 2.24. The van der Waals surface area contributed by atoms with Gasteiger partial charge in [-0.05, 0) is 80.5 Å². The molecule has 0 aliphatic carbocycles. The average molecular weight is 445 g/mol. The molecule has 3 rings (SSSR count). The second-order valence-corrected chi connectivity index (χ2v) is 10.3. The molecule has 1 heterocycles. The molecule has 168 valence electrons. The number of carbonyl (C=O) groups is 1. The fourth-order valence-electron chi connectivity index (χ4n) is 3.88. The number of benzene rings is 2. The van der Waals surface area contributed by atoms with Crippen LogP contribution in [0.2, 0.25) is 0 Å². The summed E-state index contributed by atoms with van der Waals surface area (Å²) in [5, 5.41) is 0. The summed E-state index contributed by atoms with van der Waals surface area (Å²) in [6.07, 6.45) is 4.14. The average Bonchev–Trinajstić information content (AvgIpc) is 2.78. The predicted molar refractivity (Wildman–Crippen MR) is 122 cm³/mol. The highest BCUT2D eigenvalue weighted by Crippen LogP contribution is 2.25. The number of carbonyl (C=O) groups excluding carboxylic acids is 1. The Morgan fingerprint density at radius 1 is 1.03 bits per heavy atom. The van der Waals surface area contributed by atoms with E-state index in [2.05, 4.69) is 12.1 Å². The van der Waals surface area contributed by atoms with Gasteiger partial charge in [-0.3, -0.25) is 4.79 Å². The lowest BCUT2D eigenvalue weighted by molar-refractivity contribution is 0.0687. The molecule has 0 bridgehead atoms. The second-order valence-electron chi connectivity index (χ2n) is 8.16. The first-order valence-corrected chi connectivity index (χ1v) is 12.3. The van der Waals surface area contributed by atoms with E-state index >= 15 is 0 Å². The van der Waals surface area contributed by atoms with Crippen LogP contribution in [0.1, 0.15) is 42.1 Å². The van der Waals surface area contributed by atoms with Crippen molar-refractivity contribution in [2.24, 2.45) is 5.92 Å². The van der Waals surface area contributed by atoms with Gasteiger partial charge in [0.05, 0.1) is 11.5 Å². The third-order valence-corrected chi connectivity index (χ3v) is 7.69. The van der Waals surface area contributed by atoms with Crippen molar-refractivity contribution in [2.45, 2.75) is 37.5 Å². The summed E-state index contributed by atoms with van der Waals surface area (Å²) in [4.78, 5) is 14.9. The number of hydrogen-bond acceptors (Lipinski definition) is 4. The Morgan fingerprint density at radius 2 is 1.65 bits per heavy atom. The van der Waals surface area contributed by atoms with Crippen LogP contribution in [-0.4, -0.2) is 57.3 Å². The van der Waals surface area contributed by atoms with Crippen LogP contribution in [0, 0.1) is 5.92 Å². The van der Waals surface area contributed by atoms with Gasteiger partial charge in [-0.25, -0.2) is 12.7 Å². The largest absolute Gasteiger partial charge is 0.494 e. The first-order valence-electron chi connectivity index (χ1n) is 10.8. The Morgan fingerprint density at radius 3 is 2.19 bits per heavy atom. The summed E-state index contributed by atoms with van der Waals surface area (Å²) >= 11 is 0. The normalized spacial score (nSPS) is 15.3. The first-order chi connectivity index (χ1) is 14.8. The van der Waals surface area contributed by atoms with Crippen molar-refractivity contribution in [1.82, 2.24) is 9.21 Å². The number of sulfonamides is 1. The summed E-state index contributed by atoms with van der Waals surface area (Å²) in [5.74, 6) is 1.49. The molecule has 0 unspecified atom stereocenters. The second kappa shape index (κ2) is 10.3. The maximum atomic E-state index is 12.8. The fraction of sp³-hybridized carbons (Fsp3) is 0.458. The van der Waals surface area contributed by atoms with E-state index in [4.69, 9.17) is 4.74 Å². The number of likely N-dealkylation sites (tertiary alicyclic amines) is 1. The van der Waals surface area contributed by atoms with Crippen LogP contribution in [0.15, 0.2) is 53.4 Å². The van der Waals surface area contributed by atoms with Gasteiger partial charge in [0.25, 0.3) is 5.91 Å². The zero-order chi connectivity index (χ0) is 22.4. The zero-order valence-electron chi connectivity index (χ0n) is 18.6. The summed E-state index contributed by atoms with van der Waals surface area (Å²) in [5.41, 5.74) is 1.85. The van der Waals surface area contributed by atoms with Crippen molar-refractivity contribution in [3.63, 3.8) is 0 Å². The molecule has 0 atom stereocenters. The topological polar surface area (TPSA) is 66.9 Å². The van der Waals surface area contributed by atoms with E-state index in [9.17, 15) is 13.2 Å². The van der Waals surface area contributed by atoms with Crippen molar-refractivity contribution in [2.75, 3.05) is 33.8 Å². The quantitative estimate of drug-likeness (QED) is 0.621. The van der Waals surface area contributed by atoms with E-state index in [1.165, 1.54) is 36.1 Å². The maximum absolute atomic E-state index is 12.8. The minimum absolute atomic E-state index is 0.0289. The van der Waals surface area contributed by atoms with E-state index in [1.54, 1.807) is 12.1 Å². The third kappa shape index (κ3) is 5.86. The molecule has 0 N–H and O–H groups in total. The van der Waals surface area contributed by atoms with Gasteiger partial charge >= 0.3 is 0 Å². The fourth-order valence-corrected chi connectivity index (χ4v) is 4.78. The molecule has 1 aliphatic heterocycles. The van der Waals surface area contributed by atoms with Gasteiger partial charge in [0.15, 0.2) is 0 Å². The molecule has 31 heavy (non-hydrogen) atoms. The van der Waals surface area contributed by atoms with E-state index < -0.39 is 10.0 Å². The molecule has 1 saturated heterocycles. The van der Waals surface area contributed by atoms with Crippen LogP contribution in [-0.2, 0) is 16.4 Å². The maximum Gasteiger partial charge on any atom is 0.253 e. The standard InChI is InChI=1S/C24H32N2O4S/c1-4-30-22-11-7-19(8-12-22)5-6-20-15-17-26(18-16-20)24(27)21-9-13-23(14-10-21)31(28,29)25(2)3/h7-14,20H,4-6,15-18H2,1-3H3. The molecule has 1 fully saturated rings. The summed E-state index contributed by atoms with van der Waals surface area (Å²) in [7, 11) is -0.496. The Hall–Kier alpha value is -2.38. The smallest absolute Gasteiger partial charge is 0.253 e. The predicted octanol–water partition coefficient (Wildman–Crippen LogP) is 3.82. The third-order valence-electron chi connectivity index (χ3n) is 5.86. The summed E-state index contributed by atoms with van der Waals surface area (Å²) < 4.78 is 31.0. The molecule has 1 aliphatic rings. The summed E-state index contributed by atoms with van der Waals surface area (Å²) in [6, 6.07) is 14.5. The highest BCUT2D eigenvalue weighted by molar-refractivity contribution is 7.89. The van der Waals surface area contributed by atoms with Crippen molar-refractivity contribution >= 4 is 15.9 Å².